The van der Waals surface area contributed by atoms with Crippen LogP contribution in [-0.2, 0) is 6.42 Å². The third-order valence-corrected chi connectivity index (χ3v) is 2.90. The Hall–Kier alpha value is -1.69. The van der Waals surface area contributed by atoms with Gasteiger partial charge >= 0.3 is 0 Å². The average molecular weight is 312 g/mol. The van der Waals surface area contributed by atoms with Crippen LogP contribution in [0.5, 0.6) is 0 Å². The van der Waals surface area contributed by atoms with Gasteiger partial charge in [-0.2, -0.15) is 0 Å². The number of nitrogens with zero attached hydrogens (tertiary/aromatic N) is 1. The third-order valence-electron chi connectivity index (χ3n) is 2.41. The second-order valence-corrected chi connectivity index (χ2v) is 4.62. The van der Waals surface area contributed by atoms with E-state index < -0.39 is 11.7 Å². The van der Waals surface area contributed by atoms with Crippen LogP contribution in [0.15, 0.2) is 35.2 Å². The summed E-state index contributed by atoms with van der Waals surface area (Å²) in [5.41, 5.74) is 0.957. The molecule has 1 aromatic heterocycles. The summed E-state index contributed by atoms with van der Waals surface area (Å²) in [5, 5.41) is 2.66. The summed E-state index contributed by atoms with van der Waals surface area (Å²) < 4.78 is 14.1. The number of nitrogens with one attached hydrogen (secondary N) is 2. The van der Waals surface area contributed by atoms with E-state index in [4.69, 9.17) is 0 Å². The number of rotatable bonds is 4. The molecule has 1 amide bonds. The van der Waals surface area contributed by atoms with Gasteiger partial charge in [-0.05, 0) is 18.2 Å². The Labute approximate surface area is 112 Å². The number of amides is 1. The number of aromatic amines is 1. The second-order valence-electron chi connectivity index (χ2n) is 3.71. The highest BCUT2D eigenvalue weighted by Crippen LogP contribution is 2.15. The highest BCUT2D eigenvalue weighted by atomic mass is 79.9. The molecule has 0 aliphatic carbocycles. The van der Waals surface area contributed by atoms with Crippen LogP contribution in [-0.4, -0.2) is 22.4 Å². The maximum Gasteiger partial charge on any atom is 0.254 e. The Bertz CT molecular complexity index is 542. The molecule has 0 radical (unpaired) electrons. The summed E-state index contributed by atoms with van der Waals surface area (Å²) >= 11 is 3.20. The first-order chi connectivity index (χ1) is 8.66. The van der Waals surface area contributed by atoms with Gasteiger partial charge in [0, 0.05) is 29.3 Å². The lowest BCUT2D eigenvalue weighted by molar-refractivity contribution is 0.0950. The van der Waals surface area contributed by atoms with E-state index in [0.717, 1.165) is 5.69 Å². The second kappa shape index (κ2) is 5.77. The molecule has 0 fully saturated rings. The van der Waals surface area contributed by atoms with Crippen molar-refractivity contribution in [3.8, 4) is 0 Å². The summed E-state index contributed by atoms with van der Waals surface area (Å²) in [4.78, 5) is 18.5. The Morgan fingerprint density at radius 1 is 1.50 bits per heavy atom. The van der Waals surface area contributed by atoms with Crippen molar-refractivity contribution in [3.05, 3.63) is 52.3 Å². The van der Waals surface area contributed by atoms with Crippen LogP contribution in [0.4, 0.5) is 4.39 Å². The minimum atomic E-state index is -0.530. The van der Waals surface area contributed by atoms with Crippen LogP contribution in [0.3, 0.4) is 0 Å². The first-order valence-electron chi connectivity index (χ1n) is 5.37. The summed E-state index contributed by atoms with van der Waals surface area (Å²) in [5.74, 6) is -0.953. The Morgan fingerprint density at radius 2 is 2.33 bits per heavy atom. The van der Waals surface area contributed by atoms with Gasteiger partial charge in [-0.25, -0.2) is 9.37 Å². The van der Waals surface area contributed by atoms with Crippen LogP contribution >= 0.6 is 15.9 Å². The van der Waals surface area contributed by atoms with Gasteiger partial charge in [-0.1, -0.05) is 15.9 Å². The predicted molar refractivity (Wildman–Crippen MR) is 68.7 cm³/mol. The zero-order valence-corrected chi connectivity index (χ0v) is 11.0. The lowest BCUT2D eigenvalue weighted by Crippen LogP contribution is -2.26. The smallest absolute Gasteiger partial charge is 0.254 e. The molecule has 0 aliphatic heterocycles. The molecule has 0 saturated carbocycles. The van der Waals surface area contributed by atoms with Gasteiger partial charge in [0.1, 0.15) is 5.82 Å². The van der Waals surface area contributed by atoms with Crippen LogP contribution in [0.2, 0.25) is 0 Å². The summed E-state index contributed by atoms with van der Waals surface area (Å²) in [6.45, 7) is 0.424. The molecule has 0 saturated heterocycles. The van der Waals surface area contributed by atoms with E-state index in [-0.39, 0.29) is 5.56 Å². The van der Waals surface area contributed by atoms with Crippen molar-refractivity contribution in [1.29, 1.82) is 0 Å². The molecule has 2 rings (SSSR count). The molecule has 1 aromatic carbocycles. The SMILES string of the molecule is O=C(NCCc1cnc[nH]1)c1cc(Br)ccc1F. The fourth-order valence-corrected chi connectivity index (χ4v) is 1.86. The maximum absolute atomic E-state index is 13.4. The number of H-pyrrole nitrogens is 1. The Kier molecular flexibility index (Phi) is 4.09. The van der Waals surface area contributed by atoms with Crippen LogP contribution < -0.4 is 5.32 Å². The number of carbonyl (C=O) groups excluding carboxylic acids is 1. The van der Waals surface area contributed by atoms with Gasteiger partial charge < -0.3 is 10.3 Å². The number of imidazole rings is 1. The van der Waals surface area contributed by atoms with E-state index in [1.54, 1.807) is 18.6 Å². The summed E-state index contributed by atoms with van der Waals surface area (Å²) in [7, 11) is 0. The number of hydrogen-bond acceptors (Lipinski definition) is 2. The van der Waals surface area contributed by atoms with Gasteiger partial charge in [0.2, 0.25) is 0 Å². The van der Waals surface area contributed by atoms with Gasteiger partial charge in [0.05, 0.1) is 11.9 Å². The molecule has 0 unspecified atom stereocenters. The quantitative estimate of drug-likeness (QED) is 0.910. The summed E-state index contributed by atoms with van der Waals surface area (Å²) in [6.07, 6.45) is 3.89. The average Bonchev–Trinajstić information content (AvgIpc) is 2.85. The first-order valence-corrected chi connectivity index (χ1v) is 6.16. The van der Waals surface area contributed by atoms with E-state index in [2.05, 4.69) is 31.2 Å². The number of halogens is 2. The van der Waals surface area contributed by atoms with Crippen molar-refractivity contribution < 1.29 is 9.18 Å². The molecule has 6 heteroatoms. The molecule has 0 aliphatic rings. The molecule has 2 N–H and O–H groups in total. The van der Waals surface area contributed by atoms with Gasteiger partial charge in [-0.15, -0.1) is 0 Å². The van der Waals surface area contributed by atoms with Crippen LogP contribution in [0, 0.1) is 5.82 Å². The maximum atomic E-state index is 13.4. The highest BCUT2D eigenvalue weighted by molar-refractivity contribution is 9.10. The van der Waals surface area contributed by atoms with Crippen molar-refractivity contribution >= 4 is 21.8 Å². The summed E-state index contributed by atoms with van der Waals surface area (Å²) in [6, 6.07) is 4.27. The molecule has 94 valence electrons. The lowest BCUT2D eigenvalue weighted by atomic mass is 10.2. The van der Waals surface area contributed by atoms with E-state index in [0.29, 0.717) is 17.4 Å². The molecule has 1 heterocycles. The zero-order valence-electron chi connectivity index (χ0n) is 9.41. The molecule has 0 spiro atoms. The minimum Gasteiger partial charge on any atom is -0.352 e. The van der Waals surface area contributed by atoms with Gasteiger partial charge in [0.15, 0.2) is 0 Å². The monoisotopic (exact) mass is 311 g/mol. The predicted octanol–water partition coefficient (Wildman–Crippen LogP) is 2.28. The largest absolute Gasteiger partial charge is 0.352 e. The molecular formula is C12H11BrFN3O. The minimum absolute atomic E-state index is 0.0361. The number of carbonyl (C=O) groups is 1. The Balaban J connectivity index is 1.93. The molecule has 0 atom stereocenters. The van der Waals surface area contributed by atoms with Crippen LogP contribution in [0.25, 0.3) is 0 Å². The molecule has 4 nitrogen and oxygen atoms in total. The number of benzene rings is 1. The van der Waals surface area contributed by atoms with E-state index >= 15 is 0 Å². The van der Waals surface area contributed by atoms with Crippen molar-refractivity contribution in [2.75, 3.05) is 6.54 Å². The number of aromatic nitrogens is 2. The van der Waals surface area contributed by atoms with Gasteiger partial charge in [-0.3, -0.25) is 4.79 Å². The Morgan fingerprint density at radius 3 is 3.06 bits per heavy atom. The lowest BCUT2D eigenvalue weighted by Gasteiger charge is -2.05. The van der Waals surface area contributed by atoms with Crippen molar-refractivity contribution in [3.63, 3.8) is 0 Å². The fourth-order valence-electron chi connectivity index (χ4n) is 1.50. The van der Waals surface area contributed by atoms with Crippen LogP contribution in [0.1, 0.15) is 16.1 Å². The molecule has 0 bridgehead atoms. The molecule has 18 heavy (non-hydrogen) atoms. The third kappa shape index (κ3) is 3.16. The topological polar surface area (TPSA) is 57.8 Å². The van der Waals surface area contributed by atoms with Gasteiger partial charge in [0.25, 0.3) is 5.91 Å². The normalized spacial score (nSPS) is 10.3. The molecule has 2 aromatic rings. The van der Waals surface area contributed by atoms with Crippen molar-refractivity contribution in [1.82, 2.24) is 15.3 Å². The van der Waals surface area contributed by atoms with Crippen molar-refractivity contribution in [2.45, 2.75) is 6.42 Å². The zero-order chi connectivity index (χ0) is 13.0. The van der Waals surface area contributed by atoms with Crippen molar-refractivity contribution in [2.24, 2.45) is 0 Å². The number of hydrogen-bond donors (Lipinski definition) is 2. The van der Waals surface area contributed by atoms with E-state index in [9.17, 15) is 9.18 Å². The molecular weight excluding hydrogens is 301 g/mol. The fraction of sp³-hybridized carbons (Fsp3) is 0.167. The standard InChI is InChI=1S/C12H11BrFN3O/c13-8-1-2-11(14)10(5-8)12(18)16-4-3-9-6-15-7-17-9/h1-2,5-7H,3-4H2,(H,15,17)(H,16,18). The van der Waals surface area contributed by atoms with E-state index in [1.165, 1.54) is 12.1 Å². The van der Waals surface area contributed by atoms with E-state index in [1.807, 2.05) is 0 Å². The first kappa shape index (κ1) is 12.8. The highest BCUT2D eigenvalue weighted by Gasteiger charge is 2.11.